The van der Waals surface area contributed by atoms with Crippen LogP contribution in [0.3, 0.4) is 0 Å². The molecule has 1 aromatic heterocycles. The first-order valence-electron chi connectivity index (χ1n) is 6.88. The number of aryl methyl sites for hydroxylation is 1. The Hall–Kier alpha value is -2.91. The summed E-state index contributed by atoms with van der Waals surface area (Å²) in [5, 5.41) is 12.2. The van der Waals surface area contributed by atoms with Crippen LogP contribution in [0.15, 0.2) is 36.4 Å². The van der Waals surface area contributed by atoms with Crippen LogP contribution in [0.5, 0.6) is 5.75 Å². The Balaban J connectivity index is 1.94. The Bertz CT molecular complexity index is 941. The number of carbonyl (C=O) groups is 1. The minimum Gasteiger partial charge on any atom is -0.494 e. The van der Waals surface area contributed by atoms with Gasteiger partial charge >= 0.3 is 0 Å². The van der Waals surface area contributed by atoms with Gasteiger partial charge in [-0.15, -0.1) is 0 Å². The molecule has 1 amide bonds. The lowest BCUT2D eigenvalue weighted by Crippen LogP contribution is -2.11. The molecule has 0 aliphatic rings. The van der Waals surface area contributed by atoms with E-state index < -0.39 is 0 Å². The van der Waals surface area contributed by atoms with Crippen LogP contribution in [0.2, 0.25) is 0 Å². The molecule has 114 valence electrons. The summed E-state index contributed by atoms with van der Waals surface area (Å²) in [5.74, 6) is 0.381. The molecule has 6 heteroatoms. The van der Waals surface area contributed by atoms with E-state index in [0.717, 1.165) is 15.8 Å². The summed E-state index contributed by atoms with van der Waals surface area (Å²) in [6, 6.07) is 12.4. The predicted molar refractivity (Wildman–Crippen MR) is 90.0 cm³/mol. The molecule has 0 aliphatic carbocycles. The minimum atomic E-state index is -0.294. The van der Waals surface area contributed by atoms with Crippen LogP contribution >= 0.6 is 11.3 Å². The first-order chi connectivity index (χ1) is 11.1. The van der Waals surface area contributed by atoms with Crippen molar-refractivity contribution >= 4 is 32.6 Å². The molecule has 5 nitrogen and oxygen atoms in total. The molecule has 3 rings (SSSR count). The van der Waals surface area contributed by atoms with Crippen LogP contribution in [0.4, 0.5) is 5.13 Å². The van der Waals surface area contributed by atoms with E-state index in [1.165, 1.54) is 11.3 Å². The lowest BCUT2D eigenvalue weighted by atomic mass is 10.1. The van der Waals surface area contributed by atoms with Crippen LogP contribution in [-0.2, 0) is 0 Å². The van der Waals surface area contributed by atoms with E-state index in [1.807, 2.05) is 25.1 Å². The van der Waals surface area contributed by atoms with Gasteiger partial charge in [0.1, 0.15) is 11.3 Å². The van der Waals surface area contributed by atoms with Crippen molar-refractivity contribution in [3.05, 3.63) is 53.1 Å². The van der Waals surface area contributed by atoms with Gasteiger partial charge in [0.15, 0.2) is 5.13 Å². The van der Waals surface area contributed by atoms with Gasteiger partial charge in [-0.2, -0.15) is 5.26 Å². The third-order valence-corrected chi connectivity index (χ3v) is 4.50. The van der Waals surface area contributed by atoms with Crippen molar-refractivity contribution in [2.45, 2.75) is 6.92 Å². The van der Waals surface area contributed by atoms with Gasteiger partial charge < -0.3 is 4.74 Å². The second kappa shape index (κ2) is 6.07. The number of hydrogen-bond donors (Lipinski definition) is 1. The summed E-state index contributed by atoms with van der Waals surface area (Å²) in [6.07, 6.45) is 0. The van der Waals surface area contributed by atoms with E-state index in [2.05, 4.69) is 10.3 Å². The van der Waals surface area contributed by atoms with E-state index in [0.29, 0.717) is 22.0 Å². The number of nitrogens with zero attached hydrogens (tertiary/aromatic N) is 2. The van der Waals surface area contributed by atoms with Crippen molar-refractivity contribution in [3.63, 3.8) is 0 Å². The predicted octanol–water partition coefficient (Wildman–Crippen LogP) is 3.74. The van der Waals surface area contributed by atoms with Crippen molar-refractivity contribution in [1.82, 2.24) is 4.98 Å². The van der Waals surface area contributed by atoms with Crippen molar-refractivity contribution in [2.24, 2.45) is 0 Å². The van der Waals surface area contributed by atoms with Crippen LogP contribution in [0.25, 0.3) is 10.2 Å². The fraction of sp³-hybridized carbons (Fsp3) is 0.118. The molecule has 1 heterocycles. The molecule has 0 saturated heterocycles. The molecule has 1 N–H and O–H groups in total. The third-order valence-electron chi connectivity index (χ3n) is 3.40. The number of carbonyl (C=O) groups excluding carboxylic acids is 1. The fourth-order valence-electron chi connectivity index (χ4n) is 2.23. The molecule has 2 aromatic carbocycles. The molecule has 3 aromatic rings. The second-order valence-electron chi connectivity index (χ2n) is 4.93. The Morgan fingerprint density at radius 2 is 2.17 bits per heavy atom. The maximum atomic E-state index is 12.3. The average molecular weight is 323 g/mol. The summed E-state index contributed by atoms with van der Waals surface area (Å²) in [4.78, 5) is 16.8. The number of methoxy groups -OCH3 is 1. The van der Waals surface area contributed by atoms with Crippen LogP contribution in [0.1, 0.15) is 21.5 Å². The molecule has 0 saturated carbocycles. The second-order valence-corrected chi connectivity index (χ2v) is 5.93. The molecule has 0 aliphatic heterocycles. The number of rotatable bonds is 3. The molecule has 0 spiro atoms. The highest BCUT2D eigenvalue weighted by atomic mass is 32.1. The quantitative estimate of drug-likeness (QED) is 0.797. The third kappa shape index (κ3) is 2.87. The van der Waals surface area contributed by atoms with Gasteiger partial charge in [-0.05, 0) is 36.8 Å². The number of aromatic nitrogens is 1. The number of nitrogens with one attached hydrogen (secondary N) is 1. The normalized spacial score (nSPS) is 10.3. The fourth-order valence-corrected chi connectivity index (χ4v) is 3.17. The Morgan fingerprint density at radius 1 is 1.35 bits per heavy atom. The molecular formula is C17H13N3O2S. The molecule has 0 fully saturated rings. The molecule has 0 unspecified atom stereocenters. The summed E-state index contributed by atoms with van der Waals surface area (Å²) in [6.45, 7) is 1.99. The lowest BCUT2D eigenvalue weighted by molar-refractivity contribution is 0.102. The zero-order valence-corrected chi connectivity index (χ0v) is 13.4. The summed E-state index contributed by atoms with van der Waals surface area (Å²) >= 11 is 1.40. The smallest absolute Gasteiger partial charge is 0.257 e. The molecule has 23 heavy (non-hydrogen) atoms. The average Bonchev–Trinajstić information content (AvgIpc) is 3.00. The number of fused-ring (bicyclic) bond motifs is 1. The minimum absolute atomic E-state index is 0.294. The monoisotopic (exact) mass is 323 g/mol. The number of thiazole rings is 1. The first kappa shape index (κ1) is 15.0. The van der Waals surface area contributed by atoms with Crippen molar-refractivity contribution < 1.29 is 9.53 Å². The summed E-state index contributed by atoms with van der Waals surface area (Å²) in [5.41, 5.74) is 2.68. The zero-order chi connectivity index (χ0) is 16.4. The number of ether oxygens (including phenoxy) is 1. The number of amides is 1. The summed E-state index contributed by atoms with van der Waals surface area (Å²) < 4.78 is 6.29. The van der Waals surface area contributed by atoms with E-state index in [1.54, 1.807) is 31.4 Å². The molecular weight excluding hydrogens is 310 g/mol. The van der Waals surface area contributed by atoms with Crippen LogP contribution < -0.4 is 10.1 Å². The molecule has 0 radical (unpaired) electrons. The standard InChI is InChI=1S/C17H13N3O2S/c1-10-6-7-13(22-2)14-15(10)23-17(19-14)20-16(21)12-5-3-4-11(8-12)9-18/h3-8H,1-2H3,(H,19,20,21). The van der Waals surface area contributed by atoms with E-state index in [4.69, 9.17) is 10.00 Å². The van der Waals surface area contributed by atoms with Gasteiger partial charge in [-0.25, -0.2) is 4.98 Å². The van der Waals surface area contributed by atoms with E-state index >= 15 is 0 Å². The number of hydrogen-bond acceptors (Lipinski definition) is 5. The van der Waals surface area contributed by atoms with Crippen LogP contribution in [-0.4, -0.2) is 18.0 Å². The van der Waals surface area contributed by atoms with Crippen molar-refractivity contribution in [1.29, 1.82) is 5.26 Å². The Labute approximate surface area is 137 Å². The first-order valence-corrected chi connectivity index (χ1v) is 7.69. The number of nitriles is 1. The molecule has 0 bridgehead atoms. The SMILES string of the molecule is COc1ccc(C)c2sc(NC(=O)c3cccc(C#N)c3)nc12. The van der Waals surface area contributed by atoms with Gasteiger partial charge in [-0.3, -0.25) is 10.1 Å². The van der Waals surface area contributed by atoms with Crippen LogP contribution in [0, 0.1) is 18.3 Å². The largest absolute Gasteiger partial charge is 0.494 e. The maximum Gasteiger partial charge on any atom is 0.257 e. The maximum absolute atomic E-state index is 12.3. The number of anilines is 1. The van der Waals surface area contributed by atoms with Crippen molar-refractivity contribution in [3.8, 4) is 11.8 Å². The highest BCUT2D eigenvalue weighted by molar-refractivity contribution is 7.22. The summed E-state index contributed by atoms with van der Waals surface area (Å²) in [7, 11) is 1.59. The highest BCUT2D eigenvalue weighted by Crippen LogP contribution is 2.34. The highest BCUT2D eigenvalue weighted by Gasteiger charge is 2.14. The Kier molecular flexibility index (Phi) is 3.96. The number of benzene rings is 2. The van der Waals surface area contributed by atoms with Gasteiger partial charge in [0.25, 0.3) is 5.91 Å². The van der Waals surface area contributed by atoms with E-state index in [-0.39, 0.29) is 5.91 Å². The van der Waals surface area contributed by atoms with Crippen molar-refractivity contribution in [2.75, 3.05) is 12.4 Å². The van der Waals surface area contributed by atoms with Gasteiger partial charge in [-0.1, -0.05) is 23.5 Å². The van der Waals surface area contributed by atoms with E-state index in [9.17, 15) is 4.79 Å². The zero-order valence-electron chi connectivity index (χ0n) is 12.6. The van der Waals surface area contributed by atoms with Gasteiger partial charge in [0.05, 0.1) is 23.4 Å². The topological polar surface area (TPSA) is 75.0 Å². The lowest BCUT2D eigenvalue weighted by Gasteiger charge is -2.01. The molecule has 0 atom stereocenters. The van der Waals surface area contributed by atoms with Gasteiger partial charge in [0, 0.05) is 5.56 Å². The Morgan fingerprint density at radius 3 is 2.91 bits per heavy atom. The van der Waals surface area contributed by atoms with Gasteiger partial charge in [0.2, 0.25) is 0 Å².